The SMILES string of the molecule is O=C(c1ccc(F)c(F)c1)N1CCC2NCCC2C1. The van der Waals surface area contributed by atoms with Crippen LogP contribution in [0.2, 0.25) is 0 Å². The summed E-state index contributed by atoms with van der Waals surface area (Å²) in [6.45, 7) is 2.38. The predicted molar refractivity (Wildman–Crippen MR) is 66.8 cm³/mol. The number of halogens is 2. The van der Waals surface area contributed by atoms with Crippen LogP contribution in [-0.2, 0) is 0 Å². The van der Waals surface area contributed by atoms with Crippen LogP contribution in [0.4, 0.5) is 8.78 Å². The fourth-order valence-corrected chi connectivity index (χ4v) is 3.04. The van der Waals surface area contributed by atoms with Crippen LogP contribution in [0.1, 0.15) is 23.2 Å². The van der Waals surface area contributed by atoms with Gasteiger partial charge in [0, 0.05) is 24.7 Å². The third-order valence-electron chi connectivity index (χ3n) is 4.11. The second-order valence-electron chi connectivity index (χ2n) is 5.28. The van der Waals surface area contributed by atoms with Gasteiger partial charge in [0.2, 0.25) is 0 Å². The first-order valence-electron chi connectivity index (χ1n) is 6.63. The third-order valence-corrected chi connectivity index (χ3v) is 4.11. The minimum Gasteiger partial charge on any atom is -0.338 e. The maximum absolute atomic E-state index is 13.2. The minimum atomic E-state index is -0.969. The number of amides is 1. The number of fused-ring (bicyclic) bond motifs is 1. The van der Waals surface area contributed by atoms with E-state index in [1.54, 1.807) is 4.90 Å². The first-order valence-corrected chi connectivity index (χ1v) is 6.63. The zero-order valence-corrected chi connectivity index (χ0v) is 10.5. The van der Waals surface area contributed by atoms with Gasteiger partial charge in [0.1, 0.15) is 0 Å². The van der Waals surface area contributed by atoms with Crippen LogP contribution >= 0.6 is 0 Å². The molecule has 0 radical (unpaired) electrons. The molecule has 2 atom stereocenters. The van der Waals surface area contributed by atoms with Gasteiger partial charge in [-0.2, -0.15) is 0 Å². The third kappa shape index (κ3) is 2.34. The van der Waals surface area contributed by atoms with Crippen molar-refractivity contribution in [3.8, 4) is 0 Å². The van der Waals surface area contributed by atoms with Crippen LogP contribution in [-0.4, -0.2) is 36.5 Å². The first-order chi connectivity index (χ1) is 9.15. The van der Waals surface area contributed by atoms with Gasteiger partial charge in [0.05, 0.1) is 0 Å². The number of carbonyl (C=O) groups excluding carboxylic acids is 1. The second-order valence-corrected chi connectivity index (χ2v) is 5.28. The quantitative estimate of drug-likeness (QED) is 0.840. The highest BCUT2D eigenvalue weighted by molar-refractivity contribution is 5.94. The van der Waals surface area contributed by atoms with Gasteiger partial charge in [-0.15, -0.1) is 0 Å². The summed E-state index contributed by atoms with van der Waals surface area (Å²) < 4.78 is 26.0. The van der Waals surface area contributed by atoms with Crippen molar-refractivity contribution < 1.29 is 13.6 Å². The lowest BCUT2D eigenvalue weighted by atomic mass is 9.93. The highest BCUT2D eigenvalue weighted by atomic mass is 19.2. The van der Waals surface area contributed by atoms with Crippen molar-refractivity contribution in [1.82, 2.24) is 10.2 Å². The number of benzene rings is 1. The van der Waals surface area contributed by atoms with E-state index in [-0.39, 0.29) is 11.5 Å². The molecule has 0 aromatic heterocycles. The van der Waals surface area contributed by atoms with Crippen molar-refractivity contribution in [1.29, 1.82) is 0 Å². The molecule has 2 saturated heterocycles. The normalized spacial score (nSPS) is 26.3. The number of rotatable bonds is 1. The number of carbonyl (C=O) groups is 1. The first kappa shape index (κ1) is 12.5. The Balaban J connectivity index is 1.74. The van der Waals surface area contributed by atoms with Crippen molar-refractivity contribution in [2.75, 3.05) is 19.6 Å². The zero-order valence-electron chi connectivity index (χ0n) is 10.5. The van der Waals surface area contributed by atoms with E-state index in [0.29, 0.717) is 25.0 Å². The van der Waals surface area contributed by atoms with E-state index in [2.05, 4.69) is 5.32 Å². The maximum Gasteiger partial charge on any atom is 0.253 e. The zero-order chi connectivity index (χ0) is 13.4. The van der Waals surface area contributed by atoms with Gasteiger partial charge < -0.3 is 10.2 Å². The number of nitrogens with zero attached hydrogens (tertiary/aromatic N) is 1. The molecule has 2 aliphatic rings. The molecule has 0 bridgehead atoms. The van der Waals surface area contributed by atoms with Crippen LogP contribution in [0.5, 0.6) is 0 Å². The molecule has 0 aliphatic carbocycles. The molecule has 1 aromatic carbocycles. The number of hydrogen-bond acceptors (Lipinski definition) is 2. The minimum absolute atomic E-state index is 0.204. The summed E-state index contributed by atoms with van der Waals surface area (Å²) in [6, 6.07) is 3.84. The highest BCUT2D eigenvalue weighted by Crippen LogP contribution is 2.25. The Morgan fingerprint density at radius 2 is 2.11 bits per heavy atom. The monoisotopic (exact) mass is 266 g/mol. The average molecular weight is 266 g/mol. The molecule has 0 spiro atoms. The smallest absolute Gasteiger partial charge is 0.253 e. The Bertz CT molecular complexity index is 506. The van der Waals surface area contributed by atoms with Gasteiger partial charge >= 0.3 is 0 Å². The summed E-state index contributed by atoms with van der Waals surface area (Å²) in [5.41, 5.74) is 0.225. The summed E-state index contributed by atoms with van der Waals surface area (Å²) in [5, 5.41) is 3.43. The van der Waals surface area contributed by atoms with E-state index in [9.17, 15) is 13.6 Å². The molecule has 2 heterocycles. The van der Waals surface area contributed by atoms with Crippen LogP contribution < -0.4 is 5.32 Å². The number of piperidine rings is 1. The Labute approximate surface area is 110 Å². The van der Waals surface area contributed by atoms with Gasteiger partial charge in [-0.05, 0) is 43.5 Å². The lowest BCUT2D eigenvalue weighted by Gasteiger charge is -2.34. The summed E-state index contributed by atoms with van der Waals surface area (Å²) in [6.07, 6.45) is 2.01. The molecule has 1 amide bonds. The number of nitrogens with one attached hydrogen (secondary N) is 1. The van der Waals surface area contributed by atoms with E-state index < -0.39 is 11.6 Å². The molecule has 2 unspecified atom stereocenters. The van der Waals surface area contributed by atoms with Gasteiger partial charge in [0.25, 0.3) is 5.91 Å². The summed E-state index contributed by atoms with van der Waals surface area (Å²) in [5.74, 6) is -1.61. The second kappa shape index (κ2) is 4.89. The molecule has 19 heavy (non-hydrogen) atoms. The van der Waals surface area contributed by atoms with Crippen LogP contribution in [0, 0.1) is 17.6 Å². The van der Waals surface area contributed by atoms with E-state index in [1.165, 1.54) is 6.07 Å². The van der Waals surface area contributed by atoms with Crippen molar-refractivity contribution >= 4 is 5.91 Å². The fraction of sp³-hybridized carbons (Fsp3) is 0.500. The Morgan fingerprint density at radius 3 is 2.89 bits per heavy atom. The Kier molecular flexibility index (Phi) is 3.22. The summed E-state index contributed by atoms with van der Waals surface area (Å²) >= 11 is 0. The van der Waals surface area contributed by atoms with E-state index in [4.69, 9.17) is 0 Å². The van der Waals surface area contributed by atoms with Crippen molar-refractivity contribution in [3.63, 3.8) is 0 Å². The van der Waals surface area contributed by atoms with Gasteiger partial charge in [-0.3, -0.25) is 4.79 Å². The van der Waals surface area contributed by atoms with Crippen LogP contribution in [0.15, 0.2) is 18.2 Å². The number of likely N-dealkylation sites (tertiary alicyclic amines) is 1. The molecule has 1 aromatic rings. The average Bonchev–Trinajstić information content (AvgIpc) is 2.88. The van der Waals surface area contributed by atoms with E-state index in [0.717, 1.165) is 31.5 Å². The van der Waals surface area contributed by atoms with Crippen molar-refractivity contribution in [2.45, 2.75) is 18.9 Å². The van der Waals surface area contributed by atoms with E-state index >= 15 is 0 Å². The highest BCUT2D eigenvalue weighted by Gasteiger charge is 2.34. The van der Waals surface area contributed by atoms with Gasteiger partial charge in [0.15, 0.2) is 11.6 Å². The lowest BCUT2D eigenvalue weighted by Crippen LogP contribution is -2.46. The molecule has 5 heteroatoms. The molecule has 3 nitrogen and oxygen atoms in total. The molecule has 0 saturated carbocycles. The molecule has 1 N–H and O–H groups in total. The Hall–Kier alpha value is -1.49. The largest absolute Gasteiger partial charge is 0.338 e. The lowest BCUT2D eigenvalue weighted by molar-refractivity contribution is 0.0661. The molecule has 2 aliphatic heterocycles. The standard InChI is InChI=1S/C14H16F2N2O/c15-11-2-1-9(7-12(11)16)14(19)18-6-4-13-10(8-18)3-5-17-13/h1-2,7,10,13,17H,3-6,8H2. The fourth-order valence-electron chi connectivity index (χ4n) is 3.04. The Morgan fingerprint density at radius 1 is 1.26 bits per heavy atom. The summed E-state index contributed by atoms with van der Waals surface area (Å²) in [4.78, 5) is 14.0. The molecule has 2 fully saturated rings. The van der Waals surface area contributed by atoms with Crippen LogP contribution in [0.3, 0.4) is 0 Å². The van der Waals surface area contributed by atoms with E-state index in [1.807, 2.05) is 0 Å². The van der Waals surface area contributed by atoms with Crippen molar-refractivity contribution in [2.24, 2.45) is 5.92 Å². The van der Waals surface area contributed by atoms with Gasteiger partial charge in [-0.1, -0.05) is 0 Å². The van der Waals surface area contributed by atoms with Crippen molar-refractivity contribution in [3.05, 3.63) is 35.4 Å². The molecule has 3 rings (SSSR count). The van der Waals surface area contributed by atoms with Gasteiger partial charge in [-0.25, -0.2) is 8.78 Å². The maximum atomic E-state index is 13.2. The molecular formula is C14H16F2N2O. The molecule has 102 valence electrons. The predicted octanol–water partition coefficient (Wildman–Crippen LogP) is 1.79. The number of hydrogen-bond donors (Lipinski definition) is 1. The molecular weight excluding hydrogens is 250 g/mol. The topological polar surface area (TPSA) is 32.3 Å². The van der Waals surface area contributed by atoms with Crippen LogP contribution in [0.25, 0.3) is 0 Å². The summed E-state index contributed by atoms with van der Waals surface area (Å²) in [7, 11) is 0.